The van der Waals surface area contributed by atoms with Gasteiger partial charge in [0.25, 0.3) is 5.91 Å². The molecule has 138 valence electrons. The summed E-state index contributed by atoms with van der Waals surface area (Å²) in [6, 6.07) is 10.5. The molecule has 0 fully saturated rings. The van der Waals surface area contributed by atoms with E-state index in [0.717, 1.165) is 5.56 Å². The number of hydrogen-bond donors (Lipinski definition) is 1. The molecule has 0 aromatic heterocycles. The molecule has 6 nitrogen and oxygen atoms in total. The minimum absolute atomic E-state index is 0.203. The van der Waals surface area contributed by atoms with E-state index >= 15 is 0 Å². The molecule has 0 aliphatic rings. The summed E-state index contributed by atoms with van der Waals surface area (Å²) in [7, 11) is 3.01. The molecule has 0 radical (unpaired) electrons. The Hall–Kier alpha value is -2.44. The van der Waals surface area contributed by atoms with Crippen LogP contribution in [0.2, 0.25) is 10.0 Å². The van der Waals surface area contributed by atoms with Crippen molar-refractivity contribution in [1.29, 1.82) is 0 Å². The van der Waals surface area contributed by atoms with Crippen LogP contribution in [0.3, 0.4) is 0 Å². The van der Waals surface area contributed by atoms with Crippen molar-refractivity contribution in [1.82, 2.24) is 5.32 Å². The van der Waals surface area contributed by atoms with E-state index in [-0.39, 0.29) is 12.5 Å². The van der Waals surface area contributed by atoms with Crippen LogP contribution in [0.5, 0.6) is 11.5 Å². The minimum atomic E-state index is -0.289. The van der Waals surface area contributed by atoms with Gasteiger partial charge in [0, 0.05) is 17.1 Å². The Kier molecular flexibility index (Phi) is 7.56. The molecule has 2 aromatic carbocycles. The van der Waals surface area contributed by atoms with Gasteiger partial charge in [0.1, 0.15) is 0 Å². The Morgan fingerprint density at radius 2 is 1.88 bits per heavy atom. The summed E-state index contributed by atoms with van der Waals surface area (Å²) in [5.74, 6) is 0.624. The molecule has 0 unspecified atom stereocenters. The van der Waals surface area contributed by atoms with E-state index in [4.69, 9.17) is 37.5 Å². The fourth-order valence-electron chi connectivity index (χ4n) is 2.06. The normalized spacial score (nSPS) is 10.6. The molecule has 0 bridgehead atoms. The third kappa shape index (κ3) is 5.82. The Balaban J connectivity index is 1.82. The van der Waals surface area contributed by atoms with E-state index in [1.165, 1.54) is 20.4 Å². The van der Waals surface area contributed by atoms with Gasteiger partial charge in [0.15, 0.2) is 18.1 Å². The quantitative estimate of drug-likeness (QED) is 0.545. The predicted molar refractivity (Wildman–Crippen MR) is 101 cm³/mol. The lowest BCUT2D eigenvalue weighted by Crippen LogP contribution is -2.26. The number of carbonyl (C=O) groups is 1. The molecule has 0 saturated heterocycles. The monoisotopic (exact) mass is 396 g/mol. The molecule has 0 saturated carbocycles. The van der Waals surface area contributed by atoms with Crippen LogP contribution >= 0.6 is 23.2 Å². The zero-order chi connectivity index (χ0) is 18.9. The van der Waals surface area contributed by atoms with Crippen molar-refractivity contribution in [2.75, 3.05) is 20.8 Å². The number of halogens is 2. The first kappa shape index (κ1) is 19.9. The summed E-state index contributed by atoms with van der Waals surface area (Å²) in [5, 5.41) is 7.51. The predicted octanol–water partition coefficient (Wildman–Crippen LogP) is 3.68. The minimum Gasteiger partial charge on any atom is -0.493 e. The number of methoxy groups -OCH3 is 2. The second kappa shape index (κ2) is 9.89. The lowest BCUT2D eigenvalue weighted by molar-refractivity contribution is -0.125. The molecule has 0 atom stereocenters. The van der Waals surface area contributed by atoms with Gasteiger partial charge in [-0.2, -0.15) is 0 Å². The molecular formula is C18H18Cl2N2O4. The summed E-state index contributed by atoms with van der Waals surface area (Å²) in [5.41, 5.74) is 1.58. The van der Waals surface area contributed by atoms with E-state index in [2.05, 4.69) is 10.5 Å². The number of amides is 1. The van der Waals surface area contributed by atoms with Crippen LogP contribution in [-0.2, 0) is 16.2 Å². The first-order valence-electron chi connectivity index (χ1n) is 7.61. The van der Waals surface area contributed by atoms with E-state index < -0.39 is 0 Å². The van der Waals surface area contributed by atoms with Crippen LogP contribution in [0.15, 0.2) is 41.6 Å². The van der Waals surface area contributed by atoms with Gasteiger partial charge in [-0.15, -0.1) is 0 Å². The van der Waals surface area contributed by atoms with Crippen molar-refractivity contribution in [3.05, 3.63) is 57.6 Å². The molecule has 0 aliphatic heterocycles. The van der Waals surface area contributed by atoms with E-state index in [1.807, 2.05) is 12.1 Å². The zero-order valence-corrected chi connectivity index (χ0v) is 15.8. The van der Waals surface area contributed by atoms with Crippen LogP contribution in [0.4, 0.5) is 0 Å². The summed E-state index contributed by atoms with van der Waals surface area (Å²) in [4.78, 5) is 16.7. The van der Waals surface area contributed by atoms with Crippen molar-refractivity contribution in [2.24, 2.45) is 5.16 Å². The number of nitrogens with one attached hydrogen (secondary N) is 1. The molecule has 26 heavy (non-hydrogen) atoms. The standard InChI is InChI=1S/C18H18Cl2N2O4/c1-24-16-8-13(7-15(20)18(16)25-2)10-22-26-11-17(23)21-9-12-3-5-14(19)6-4-12/h3-8,10H,9,11H2,1-2H3,(H,21,23)/b22-10-. The summed E-state index contributed by atoms with van der Waals surface area (Å²) in [6.45, 7) is 0.180. The Labute approximate surface area is 161 Å². The highest BCUT2D eigenvalue weighted by molar-refractivity contribution is 6.32. The number of carbonyl (C=O) groups excluding carboxylic acids is 1. The SMILES string of the molecule is COc1cc(/C=N\OCC(=O)NCc2ccc(Cl)cc2)cc(Cl)c1OC. The Morgan fingerprint density at radius 3 is 2.54 bits per heavy atom. The van der Waals surface area contributed by atoms with Crippen molar-refractivity contribution in [3.8, 4) is 11.5 Å². The topological polar surface area (TPSA) is 69.2 Å². The molecule has 0 aliphatic carbocycles. The van der Waals surface area contributed by atoms with Crippen LogP contribution in [0.1, 0.15) is 11.1 Å². The summed E-state index contributed by atoms with van der Waals surface area (Å²) < 4.78 is 10.4. The van der Waals surface area contributed by atoms with Crippen molar-refractivity contribution in [2.45, 2.75) is 6.54 Å². The van der Waals surface area contributed by atoms with Crippen LogP contribution in [-0.4, -0.2) is 32.9 Å². The van der Waals surface area contributed by atoms with Crippen molar-refractivity contribution < 1.29 is 19.1 Å². The zero-order valence-electron chi connectivity index (χ0n) is 14.3. The second-order valence-corrected chi connectivity index (χ2v) is 5.99. The molecule has 8 heteroatoms. The van der Waals surface area contributed by atoms with Crippen LogP contribution in [0.25, 0.3) is 0 Å². The number of benzene rings is 2. The summed E-state index contributed by atoms with van der Waals surface area (Å²) in [6.07, 6.45) is 1.43. The highest BCUT2D eigenvalue weighted by Crippen LogP contribution is 2.35. The van der Waals surface area contributed by atoms with E-state index in [0.29, 0.717) is 33.7 Å². The third-order valence-corrected chi connectivity index (χ3v) is 3.86. The fourth-order valence-corrected chi connectivity index (χ4v) is 2.48. The Bertz CT molecular complexity index is 780. The molecular weight excluding hydrogens is 379 g/mol. The molecule has 0 heterocycles. The van der Waals surface area contributed by atoms with Gasteiger partial charge in [-0.3, -0.25) is 4.79 Å². The molecule has 0 spiro atoms. The number of rotatable bonds is 8. The smallest absolute Gasteiger partial charge is 0.261 e. The maximum atomic E-state index is 11.7. The fraction of sp³-hybridized carbons (Fsp3) is 0.222. The molecule has 1 amide bonds. The average Bonchev–Trinajstić information content (AvgIpc) is 2.64. The van der Waals surface area contributed by atoms with Crippen molar-refractivity contribution >= 4 is 35.3 Å². The van der Waals surface area contributed by atoms with Gasteiger partial charge in [0.05, 0.1) is 25.5 Å². The van der Waals surface area contributed by atoms with Gasteiger partial charge in [0.2, 0.25) is 0 Å². The number of nitrogens with zero attached hydrogens (tertiary/aromatic N) is 1. The van der Waals surface area contributed by atoms with Crippen molar-refractivity contribution in [3.63, 3.8) is 0 Å². The second-order valence-electron chi connectivity index (χ2n) is 5.15. The number of ether oxygens (including phenoxy) is 2. The summed E-state index contributed by atoms with van der Waals surface area (Å²) >= 11 is 11.9. The van der Waals surface area contributed by atoms with Gasteiger partial charge in [-0.25, -0.2) is 0 Å². The molecule has 2 aromatic rings. The Morgan fingerprint density at radius 1 is 1.15 bits per heavy atom. The first-order valence-corrected chi connectivity index (χ1v) is 8.37. The van der Waals surface area contributed by atoms with Crippen LogP contribution < -0.4 is 14.8 Å². The lowest BCUT2D eigenvalue weighted by Gasteiger charge is -2.09. The highest BCUT2D eigenvalue weighted by atomic mass is 35.5. The average molecular weight is 397 g/mol. The van der Waals surface area contributed by atoms with E-state index in [9.17, 15) is 4.79 Å². The van der Waals surface area contributed by atoms with E-state index in [1.54, 1.807) is 24.3 Å². The van der Waals surface area contributed by atoms with Crippen LogP contribution in [0, 0.1) is 0 Å². The number of hydrogen-bond acceptors (Lipinski definition) is 5. The van der Waals surface area contributed by atoms with Gasteiger partial charge in [-0.05, 0) is 29.8 Å². The maximum absolute atomic E-state index is 11.7. The largest absolute Gasteiger partial charge is 0.493 e. The maximum Gasteiger partial charge on any atom is 0.261 e. The molecule has 2 rings (SSSR count). The lowest BCUT2D eigenvalue weighted by atomic mass is 10.2. The van der Waals surface area contributed by atoms with Gasteiger partial charge >= 0.3 is 0 Å². The van der Waals surface area contributed by atoms with Gasteiger partial charge in [-0.1, -0.05) is 40.5 Å². The highest BCUT2D eigenvalue weighted by Gasteiger charge is 2.10. The molecule has 1 N–H and O–H groups in total. The third-order valence-electron chi connectivity index (χ3n) is 3.33. The number of oxime groups is 1. The first-order chi connectivity index (χ1) is 12.5. The van der Waals surface area contributed by atoms with Gasteiger partial charge < -0.3 is 19.6 Å².